The molecule has 1 aromatic heterocycles. The number of amides is 1. The molecule has 1 heterocycles. The van der Waals surface area contributed by atoms with Crippen LogP contribution in [0.4, 0.5) is 36.3 Å². The lowest BCUT2D eigenvalue weighted by Gasteiger charge is -2.16. The van der Waals surface area contributed by atoms with E-state index in [0.29, 0.717) is 18.5 Å². The summed E-state index contributed by atoms with van der Waals surface area (Å²) in [6, 6.07) is 13.0. The predicted molar refractivity (Wildman–Crippen MR) is 129 cm³/mol. The van der Waals surface area contributed by atoms with E-state index in [0.717, 1.165) is 5.56 Å². The number of halogens is 3. The van der Waals surface area contributed by atoms with Crippen molar-refractivity contribution in [3.8, 4) is 0 Å². The van der Waals surface area contributed by atoms with Gasteiger partial charge in [0, 0.05) is 31.8 Å². The Labute approximate surface area is 200 Å². The highest BCUT2D eigenvalue weighted by Gasteiger charge is 2.35. The molecule has 8 nitrogen and oxygen atoms in total. The van der Waals surface area contributed by atoms with E-state index in [4.69, 9.17) is 4.52 Å². The van der Waals surface area contributed by atoms with E-state index >= 15 is 0 Å². The van der Waals surface area contributed by atoms with Crippen LogP contribution in [0.25, 0.3) is 0 Å². The van der Waals surface area contributed by atoms with Gasteiger partial charge >= 0.3 is 6.18 Å². The van der Waals surface area contributed by atoms with Crippen LogP contribution in [0.5, 0.6) is 0 Å². The number of carbonyl (C=O) groups excluding carboxylic acids is 1. The highest BCUT2D eigenvalue weighted by molar-refractivity contribution is 7.57. The van der Waals surface area contributed by atoms with Crippen LogP contribution in [0.1, 0.15) is 28.4 Å². The van der Waals surface area contributed by atoms with Gasteiger partial charge in [-0.25, -0.2) is 4.98 Å². The first-order valence-corrected chi connectivity index (χ1v) is 12.9. The number of benzene rings is 2. The Balaban J connectivity index is 1.87. The third-order valence-electron chi connectivity index (χ3n) is 4.83. The summed E-state index contributed by atoms with van der Waals surface area (Å²) in [5.74, 6) is -1.05. The third kappa shape index (κ3) is 7.03. The first kappa shape index (κ1) is 26.2. The van der Waals surface area contributed by atoms with Gasteiger partial charge in [-0.3, -0.25) is 9.36 Å². The molecule has 35 heavy (non-hydrogen) atoms. The van der Waals surface area contributed by atoms with Crippen molar-refractivity contribution in [1.29, 1.82) is 0 Å². The third-order valence-corrected chi connectivity index (χ3v) is 6.57. The minimum absolute atomic E-state index is 0.0823. The van der Waals surface area contributed by atoms with Crippen LogP contribution in [-0.4, -0.2) is 36.2 Å². The van der Waals surface area contributed by atoms with Gasteiger partial charge in [0.15, 0.2) is 0 Å². The van der Waals surface area contributed by atoms with Crippen molar-refractivity contribution >= 4 is 36.4 Å². The fraction of sp³-hybridized carbons (Fsp3) is 0.261. The summed E-state index contributed by atoms with van der Waals surface area (Å²) in [6.45, 7) is 3.69. The summed E-state index contributed by atoms with van der Waals surface area (Å²) in [6.07, 6.45) is -3.79. The molecular weight excluding hydrogens is 482 g/mol. The lowest BCUT2D eigenvalue weighted by molar-refractivity contribution is -0.137. The molecule has 0 spiro atoms. The van der Waals surface area contributed by atoms with E-state index in [1.165, 1.54) is 19.2 Å². The van der Waals surface area contributed by atoms with Crippen molar-refractivity contribution in [2.24, 2.45) is 0 Å². The Kier molecular flexibility index (Phi) is 8.14. The molecule has 1 amide bonds. The molecule has 0 radical (unpaired) electrons. The Morgan fingerprint density at radius 2 is 1.77 bits per heavy atom. The first-order chi connectivity index (χ1) is 16.5. The number of hydrogen-bond donors (Lipinski definition) is 3. The molecule has 12 heteroatoms. The van der Waals surface area contributed by atoms with Crippen LogP contribution in [-0.2, 0) is 21.4 Å². The lowest BCUT2D eigenvalue weighted by Crippen LogP contribution is -2.20. The summed E-state index contributed by atoms with van der Waals surface area (Å²) in [7, 11) is -1.33. The van der Waals surface area contributed by atoms with Crippen molar-refractivity contribution in [1.82, 2.24) is 15.3 Å². The zero-order valence-electron chi connectivity index (χ0n) is 19.3. The smallest absolute Gasteiger partial charge is 0.355 e. The summed E-state index contributed by atoms with van der Waals surface area (Å²) in [5.41, 5.74) is 0.542. The topological polar surface area (TPSA) is 105 Å². The van der Waals surface area contributed by atoms with Gasteiger partial charge in [0.1, 0.15) is 11.4 Å². The quantitative estimate of drug-likeness (QED) is 0.315. The van der Waals surface area contributed by atoms with Crippen LogP contribution in [0.15, 0.2) is 54.7 Å². The molecule has 2 aromatic carbocycles. The Morgan fingerprint density at radius 1 is 1.09 bits per heavy atom. The summed E-state index contributed by atoms with van der Waals surface area (Å²) in [5, 5.41) is 7.93. The molecule has 0 fully saturated rings. The second kappa shape index (κ2) is 10.9. The van der Waals surface area contributed by atoms with Crippen molar-refractivity contribution in [3.05, 3.63) is 71.4 Å². The zero-order valence-corrected chi connectivity index (χ0v) is 20.2. The summed E-state index contributed by atoms with van der Waals surface area (Å²) < 4.78 is 58.5. The van der Waals surface area contributed by atoms with Gasteiger partial charge in [-0.05, 0) is 36.8 Å². The number of nitrogens with one attached hydrogen (secondary N) is 3. The van der Waals surface area contributed by atoms with E-state index in [-0.39, 0.29) is 23.4 Å². The first-order valence-electron chi connectivity index (χ1n) is 10.6. The monoisotopic (exact) mass is 507 g/mol. The van der Waals surface area contributed by atoms with Gasteiger partial charge in [-0.15, -0.1) is 0 Å². The molecule has 186 valence electrons. The maximum Gasteiger partial charge on any atom is 0.421 e. The molecule has 3 rings (SSSR count). The number of anilines is 4. The summed E-state index contributed by atoms with van der Waals surface area (Å²) >= 11 is 0. The Hall–Kier alpha value is -3.43. The second-order valence-electron chi connectivity index (χ2n) is 7.62. The maximum absolute atomic E-state index is 13.6. The zero-order chi connectivity index (χ0) is 25.6. The van der Waals surface area contributed by atoms with Crippen LogP contribution in [0.2, 0.25) is 0 Å². The number of rotatable bonds is 9. The Bertz CT molecular complexity index is 1240. The van der Waals surface area contributed by atoms with Gasteiger partial charge < -0.3 is 20.5 Å². The standard InChI is InChI=1S/C23H25F3N5O3P/c1-4-34-35(3,33)14-15-9-11-16(12-10-15)29-22-28-13-18(23(24,25)26)20(31-22)30-19-8-6-5-7-17(19)21(32)27-2/h5-13H,4,14H2,1-3H3,(H,27,32)(H2,28,29,30,31). The van der Waals surface area contributed by atoms with Gasteiger partial charge in [0.2, 0.25) is 13.3 Å². The van der Waals surface area contributed by atoms with Crippen molar-refractivity contribution in [2.75, 3.05) is 31.0 Å². The van der Waals surface area contributed by atoms with E-state index in [1.54, 1.807) is 50.0 Å². The number of hydrogen-bond acceptors (Lipinski definition) is 7. The molecule has 0 aliphatic heterocycles. The lowest BCUT2D eigenvalue weighted by atomic mass is 10.1. The number of para-hydroxylation sites is 1. The molecule has 0 saturated carbocycles. The van der Waals surface area contributed by atoms with Crippen LogP contribution < -0.4 is 16.0 Å². The van der Waals surface area contributed by atoms with Crippen LogP contribution in [0.3, 0.4) is 0 Å². The molecule has 0 aliphatic carbocycles. The average Bonchev–Trinajstić information content (AvgIpc) is 2.79. The van der Waals surface area contributed by atoms with Crippen LogP contribution >= 0.6 is 7.37 Å². The van der Waals surface area contributed by atoms with E-state index < -0.39 is 30.8 Å². The van der Waals surface area contributed by atoms with E-state index in [1.807, 2.05) is 0 Å². The molecule has 1 unspecified atom stereocenters. The fourth-order valence-corrected chi connectivity index (χ4v) is 4.78. The molecule has 0 aliphatic rings. The normalized spacial score (nSPS) is 13.1. The highest BCUT2D eigenvalue weighted by Crippen LogP contribution is 2.46. The van der Waals surface area contributed by atoms with Crippen molar-refractivity contribution in [3.63, 3.8) is 0 Å². The highest BCUT2D eigenvalue weighted by atomic mass is 31.2. The SMILES string of the molecule is CCOP(C)(=O)Cc1ccc(Nc2ncc(C(F)(F)F)c(Nc3ccccc3C(=O)NC)n2)cc1. The van der Waals surface area contributed by atoms with Crippen molar-refractivity contribution in [2.45, 2.75) is 19.3 Å². The van der Waals surface area contributed by atoms with E-state index in [9.17, 15) is 22.5 Å². The van der Waals surface area contributed by atoms with Gasteiger partial charge in [0.05, 0.1) is 17.9 Å². The molecule has 3 aromatic rings. The minimum atomic E-state index is -4.72. The number of nitrogens with zero attached hydrogens (tertiary/aromatic N) is 2. The second-order valence-corrected chi connectivity index (χ2v) is 10.2. The maximum atomic E-state index is 13.6. The molecule has 0 bridgehead atoms. The molecule has 0 saturated heterocycles. The Morgan fingerprint density at radius 3 is 2.40 bits per heavy atom. The van der Waals surface area contributed by atoms with Gasteiger partial charge in [0.25, 0.3) is 5.91 Å². The molecular formula is C23H25F3N5O3P. The predicted octanol–water partition coefficient (Wildman–Crippen LogP) is 5.79. The number of carbonyl (C=O) groups is 1. The molecule has 1 atom stereocenters. The molecule has 3 N–H and O–H groups in total. The fourth-order valence-electron chi connectivity index (χ4n) is 3.27. The van der Waals surface area contributed by atoms with Crippen molar-refractivity contribution < 1.29 is 27.1 Å². The number of aromatic nitrogens is 2. The van der Waals surface area contributed by atoms with Crippen LogP contribution in [0, 0.1) is 0 Å². The number of alkyl halides is 3. The van der Waals surface area contributed by atoms with E-state index in [2.05, 4.69) is 25.9 Å². The minimum Gasteiger partial charge on any atom is -0.355 e. The average molecular weight is 507 g/mol. The van der Waals surface area contributed by atoms with Gasteiger partial charge in [-0.1, -0.05) is 24.3 Å². The van der Waals surface area contributed by atoms with Gasteiger partial charge in [-0.2, -0.15) is 18.2 Å². The summed E-state index contributed by atoms with van der Waals surface area (Å²) in [4.78, 5) is 19.9. The largest absolute Gasteiger partial charge is 0.421 e.